The van der Waals surface area contributed by atoms with E-state index in [-0.39, 0.29) is 5.92 Å². The van der Waals surface area contributed by atoms with E-state index in [1.807, 2.05) is 12.1 Å². The highest BCUT2D eigenvalue weighted by atomic mass is 35.5. The molecule has 0 aromatic heterocycles. The van der Waals surface area contributed by atoms with Crippen molar-refractivity contribution >= 4 is 17.3 Å². The molecular weight excluding hydrogens is 270 g/mol. The SMILES string of the molecule is N#CC1CCCC1N1CCN(c2ccc(Cl)cc2)CC1. The normalized spacial score (nSPS) is 27.5. The predicted octanol–water partition coefficient (Wildman–Crippen LogP) is 3.15. The van der Waals surface area contributed by atoms with Gasteiger partial charge < -0.3 is 4.90 Å². The lowest BCUT2D eigenvalue weighted by Gasteiger charge is -2.40. The van der Waals surface area contributed by atoms with Gasteiger partial charge in [-0.3, -0.25) is 4.90 Å². The number of benzene rings is 1. The lowest BCUT2D eigenvalue weighted by molar-refractivity contribution is 0.168. The van der Waals surface area contributed by atoms with E-state index < -0.39 is 0 Å². The smallest absolute Gasteiger partial charge is 0.0672 e. The molecule has 0 radical (unpaired) electrons. The lowest BCUT2D eigenvalue weighted by Crippen LogP contribution is -2.51. The molecule has 1 aliphatic heterocycles. The highest BCUT2D eigenvalue weighted by Crippen LogP contribution is 2.30. The van der Waals surface area contributed by atoms with Gasteiger partial charge in [-0.2, -0.15) is 5.26 Å². The van der Waals surface area contributed by atoms with Crippen LogP contribution in [0.2, 0.25) is 5.02 Å². The minimum Gasteiger partial charge on any atom is -0.369 e. The topological polar surface area (TPSA) is 30.3 Å². The lowest BCUT2D eigenvalue weighted by atomic mass is 10.0. The van der Waals surface area contributed by atoms with Crippen LogP contribution in [0.5, 0.6) is 0 Å². The maximum absolute atomic E-state index is 9.22. The average molecular weight is 290 g/mol. The number of nitriles is 1. The Morgan fingerprint density at radius 2 is 1.75 bits per heavy atom. The van der Waals surface area contributed by atoms with Crippen LogP contribution in [0.25, 0.3) is 0 Å². The zero-order valence-corrected chi connectivity index (χ0v) is 12.4. The maximum atomic E-state index is 9.22. The Kier molecular flexibility index (Phi) is 4.14. The van der Waals surface area contributed by atoms with Gasteiger partial charge in [0.05, 0.1) is 12.0 Å². The third-order valence-electron chi connectivity index (χ3n) is 4.62. The summed E-state index contributed by atoms with van der Waals surface area (Å²) in [7, 11) is 0. The summed E-state index contributed by atoms with van der Waals surface area (Å²) in [6, 6.07) is 11.1. The van der Waals surface area contributed by atoms with Crippen molar-refractivity contribution in [1.29, 1.82) is 5.26 Å². The minimum atomic E-state index is 0.247. The Bertz CT molecular complexity index is 485. The molecular formula is C16H20ClN3. The van der Waals surface area contributed by atoms with Crippen molar-refractivity contribution in [1.82, 2.24) is 4.90 Å². The van der Waals surface area contributed by atoms with Crippen LogP contribution in [0.15, 0.2) is 24.3 Å². The third kappa shape index (κ3) is 2.77. The summed E-state index contributed by atoms with van der Waals surface area (Å²) in [5.41, 5.74) is 1.25. The first kappa shape index (κ1) is 13.7. The first-order valence-electron chi connectivity index (χ1n) is 7.42. The van der Waals surface area contributed by atoms with Gasteiger partial charge in [0.2, 0.25) is 0 Å². The predicted molar refractivity (Wildman–Crippen MR) is 82.0 cm³/mol. The molecule has 0 amide bonds. The van der Waals surface area contributed by atoms with Crippen molar-refractivity contribution in [2.24, 2.45) is 5.92 Å². The monoisotopic (exact) mass is 289 g/mol. The van der Waals surface area contributed by atoms with E-state index >= 15 is 0 Å². The zero-order valence-electron chi connectivity index (χ0n) is 11.6. The molecule has 1 saturated heterocycles. The fourth-order valence-electron chi connectivity index (χ4n) is 3.49. The minimum absolute atomic E-state index is 0.247. The summed E-state index contributed by atoms with van der Waals surface area (Å²) in [5.74, 6) is 0.247. The molecule has 3 nitrogen and oxygen atoms in total. The van der Waals surface area contributed by atoms with Gasteiger partial charge in [-0.15, -0.1) is 0 Å². The Morgan fingerprint density at radius 1 is 1.05 bits per heavy atom. The van der Waals surface area contributed by atoms with E-state index in [1.165, 1.54) is 18.5 Å². The van der Waals surface area contributed by atoms with Gasteiger partial charge in [0.1, 0.15) is 0 Å². The summed E-state index contributed by atoms with van der Waals surface area (Å²) in [6.07, 6.45) is 3.48. The molecule has 2 unspecified atom stereocenters. The van der Waals surface area contributed by atoms with Gasteiger partial charge in [0, 0.05) is 42.9 Å². The molecule has 3 rings (SSSR count). The van der Waals surface area contributed by atoms with Crippen LogP contribution >= 0.6 is 11.6 Å². The van der Waals surface area contributed by atoms with Crippen LogP contribution in [-0.4, -0.2) is 37.1 Å². The molecule has 20 heavy (non-hydrogen) atoms. The van der Waals surface area contributed by atoms with Crippen LogP contribution in [0, 0.1) is 17.2 Å². The second kappa shape index (κ2) is 6.03. The molecule has 1 saturated carbocycles. The maximum Gasteiger partial charge on any atom is 0.0672 e. The Hall–Kier alpha value is -1.24. The summed E-state index contributed by atoms with van der Waals surface area (Å²) in [5, 5.41) is 10.0. The molecule has 2 atom stereocenters. The largest absolute Gasteiger partial charge is 0.369 e. The van der Waals surface area contributed by atoms with E-state index in [2.05, 4.69) is 28.0 Å². The first-order chi connectivity index (χ1) is 9.78. The van der Waals surface area contributed by atoms with Crippen molar-refractivity contribution in [2.45, 2.75) is 25.3 Å². The fourth-order valence-corrected chi connectivity index (χ4v) is 3.62. The van der Waals surface area contributed by atoms with Gasteiger partial charge in [0.15, 0.2) is 0 Å². The van der Waals surface area contributed by atoms with Gasteiger partial charge >= 0.3 is 0 Å². The summed E-state index contributed by atoms with van der Waals surface area (Å²) < 4.78 is 0. The molecule has 1 aromatic rings. The molecule has 4 heteroatoms. The molecule has 1 aromatic carbocycles. The van der Waals surface area contributed by atoms with Gasteiger partial charge in [-0.1, -0.05) is 18.0 Å². The highest BCUT2D eigenvalue weighted by Gasteiger charge is 2.33. The number of rotatable bonds is 2. The number of hydrogen-bond acceptors (Lipinski definition) is 3. The Balaban J connectivity index is 1.59. The molecule has 2 fully saturated rings. The Labute approximate surface area is 125 Å². The quantitative estimate of drug-likeness (QED) is 0.838. The van der Waals surface area contributed by atoms with Crippen molar-refractivity contribution in [3.63, 3.8) is 0 Å². The van der Waals surface area contributed by atoms with E-state index in [0.717, 1.165) is 37.6 Å². The van der Waals surface area contributed by atoms with E-state index in [4.69, 9.17) is 11.6 Å². The van der Waals surface area contributed by atoms with Crippen molar-refractivity contribution in [2.75, 3.05) is 31.1 Å². The molecule has 0 N–H and O–H groups in total. The van der Waals surface area contributed by atoms with E-state index in [0.29, 0.717) is 6.04 Å². The number of nitrogens with zero attached hydrogens (tertiary/aromatic N) is 3. The number of halogens is 1. The molecule has 0 spiro atoms. The first-order valence-corrected chi connectivity index (χ1v) is 7.80. The molecule has 2 aliphatic rings. The summed E-state index contributed by atoms with van der Waals surface area (Å²) >= 11 is 5.93. The molecule has 1 aliphatic carbocycles. The van der Waals surface area contributed by atoms with Gasteiger partial charge in [0.25, 0.3) is 0 Å². The second-order valence-electron chi connectivity index (χ2n) is 5.73. The fraction of sp³-hybridized carbons (Fsp3) is 0.562. The van der Waals surface area contributed by atoms with Crippen LogP contribution in [0.4, 0.5) is 5.69 Å². The number of piperazine rings is 1. The molecule has 1 heterocycles. The van der Waals surface area contributed by atoms with Crippen LogP contribution in [0.3, 0.4) is 0 Å². The summed E-state index contributed by atoms with van der Waals surface area (Å²) in [6.45, 7) is 4.20. The van der Waals surface area contributed by atoms with Crippen LogP contribution < -0.4 is 4.90 Å². The summed E-state index contributed by atoms with van der Waals surface area (Å²) in [4.78, 5) is 4.93. The van der Waals surface area contributed by atoms with Gasteiger partial charge in [-0.05, 0) is 37.1 Å². The van der Waals surface area contributed by atoms with Crippen LogP contribution in [0.1, 0.15) is 19.3 Å². The Morgan fingerprint density at radius 3 is 2.40 bits per heavy atom. The number of hydrogen-bond donors (Lipinski definition) is 0. The molecule has 0 bridgehead atoms. The zero-order chi connectivity index (χ0) is 13.9. The van der Waals surface area contributed by atoms with Gasteiger partial charge in [-0.25, -0.2) is 0 Å². The van der Waals surface area contributed by atoms with Crippen molar-refractivity contribution in [3.05, 3.63) is 29.3 Å². The van der Waals surface area contributed by atoms with Crippen molar-refractivity contribution in [3.8, 4) is 6.07 Å². The highest BCUT2D eigenvalue weighted by molar-refractivity contribution is 6.30. The second-order valence-corrected chi connectivity index (χ2v) is 6.17. The van der Waals surface area contributed by atoms with Crippen molar-refractivity contribution < 1.29 is 0 Å². The third-order valence-corrected chi connectivity index (χ3v) is 4.87. The number of anilines is 1. The molecule has 106 valence electrons. The van der Waals surface area contributed by atoms with Crippen LogP contribution in [-0.2, 0) is 0 Å². The van der Waals surface area contributed by atoms with E-state index in [9.17, 15) is 5.26 Å². The average Bonchev–Trinajstić information content (AvgIpc) is 2.97. The van der Waals surface area contributed by atoms with E-state index in [1.54, 1.807) is 0 Å². The standard InChI is InChI=1S/C16H20ClN3/c17-14-4-6-15(7-5-14)19-8-10-20(11-9-19)16-3-1-2-13(16)12-18/h4-7,13,16H,1-3,8-11H2.